The highest BCUT2D eigenvalue weighted by Crippen LogP contribution is 2.24. The summed E-state index contributed by atoms with van der Waals surface area (Å²) in [6, 6.07) is 0.639. The smallest absolute Gasteiger partial charge is 0.127 e. The first kappa shape index (κ1) is 11.5. The van der Waals surface area contributed by atoms with Crippen molar-refractivity contribution in [3.05, 3.63) is 0 Å². The Morgan fingerprint density at radius 1 is 1.06 bits per heavy atom. The van der Waals surface area contributed by atoms with E-state index in [1.54, 1.807) is 0 Å². The van der Waals surface area contributed by atoms with Gasteiger partial charge in [0, 0.05) is 25.7 Å². The van der Waals surface area contributed by atoms with Crippen molar-refractivity contribution in [2.75, 3.05) is 32.8 Å². The predicted molar refractivity (Wildman–Crippen MR) is 67.5 cm³/mol. The summed E-state index contributed by atoms with van der Waals surface area (Å²) in [7, 11) is 0. The first-order valence-electron chi connectivity index (χ1n) is 7.03. The van der Waals surface area contributed by atoms with Crippen LogP contribution in [0.2, 0.25) is 0 Å². The number of hydrogen-bond donors (Lipinski definition) is 1. The number of nitrogens with one attached hydrogen (secondary N) is 1. The van der Waals surface area contributed by atoms with E-state index in [4.69, 9.17) is 10.1 Å². The van der Waals surface area contributed by atoms with E-state index in [2.05, 4.69) is 9.80 Å². The topological polar surface area (TPSA) is 39.6 Å². The lowest BCUT2D eigenvalue weighted by molar-refractivity contribution is -0.0219. The number of fused-ring (bicyclic) bond motifs is 1. The van der Waals surface area contributed by atoms with Crippen LogP contribution < -0.4 is 0 Å². The van der Waals surface area contributed by atoms with Gasteiger partial charge in [-0.3, -0.25) is 10.3 Å². The van der Waals surface area contributed by atoms with E-state index in [9.17, 15) is 0 Å². The molecule has 3 saturated heterocycles. The minimum atomic E-state index is 0.0300. The van der Waals surface area contributed by atoms with Crippen LogP contribution in [0, 0.1) is 5.41 Å². The maximum atomic E-state index is 8.30. The van der Waals surface area contributed by atoms with Crippen LogP contribution in [0.3, 0.4) is 0 Å². The highest BCUT2D eigenvalue weighted by molar-refractivity contribution is 5.84. The third-order valence-electron chi connectivity index (χ3n) is 4.39. The number of amidine groups is 1. The molecule has 0 spiro atoms. The van der Waals surface area contributed by atoms with Crippen molar-refractivity contribution in [3.8, 4) is 0 Å². The molecule has 3 rings (SSSR count). The zero-order valence-electron chi connectivity index (χ0n) is 10.5. The molecule has 1 N–H and O–H groups in total. The fourth-order valence-corrected chi connectivity index (χ4v) is 3.32. The van der Waals surface area contributed by atoms with Crippen LogP contribution in [0.5, 0.6) is 0 Å². The van der Waals surface area contributed by atoms with Crippen LogP contribution in [0.4, 0.5) is 0 Å². The monoisotopic (exact) mass is 237 g/mol. The Morgan fingerprint density at radius 3 is 2.71 bits per heavy atom. The molecular formula is C13H23N3O. The molecule has 3 fully saturated rings. The van der Waals surface area contributed by atoms with Crippen molar-refractivity contribution in [1.29, 1.82) is 5.41 Å². The van der Waals surface area contributed by atoms with Crippen LogP contribution in [-0.2, 0) is 4.74 Å². The number of likely N-dealkylation sites (tertiary alicyclic amines) is 1. The molecule has 17 heavy (non-hydrogen) atoms. The van der Waals surface area contributed by atoms with Gasteiger partial charge in [-0.15, -0.1) is 0 Å². The molecule has 3 aliphatic rings. The lowest BCUT2D eigenvalue weighted by Crippen LogP contribution is -2.53. The molecule has 0 aromatic heterocycles. The normalized spacial score (nSPS) is 34.7. The molecule has 4 nitrogen and oxygen atoms in total. The molecule has 0 aromatic carbocycles. The Morgan fingerprint density at radius 2 is 1.88 bits per heavy atom. The largest absolute Gasteiger partial charge is 0.367 e. The molecule has 4 heteroatoms. The second kappa shape index (κ2) is 4.94. The SMILES string of the molecule is N=C(C1CN2CCCC2CO1)N1CCCCC1. The summed E-state index contributed by atoms with van der Waals surface area (Å²) in [5, 5.41) is 8.30. The summed E-state index contributed by atoms with van der Waals surface area (Å²) < 4.78 is 5.90. The first-order chi connectivity index (χ1) is 8.34. The van der Waals surface area contributed by atoms with Gasteiger partial charge < -0.3 is 9.64 Å². The fourth-order valence-electron chi connectivity index (χ4n) is 3.32. The second-order valence-corrected chi connectivity index (χ2v) is 5.55. The number of rotatable bonds is 1. The Labute approximate surface area is 103 Å². The highest BCUT2D eigenvalue weighted by atomic mass is 16.5. The molecular weight excluding hydrogens is 214 g/mol. The van der Waals surface area contributed by atoms with Crippen molar-refractivity contribution in [1.82, 2.24) is 9.80 Å². The number of nitrogens with zero attached hydrogens (tertiary/aromatic N) is 2. The van der Waals surface area contributed by atoms with Crippen LogP contribution in [-0.4, -0.2) is 60.6 Å². The van der Waals surface area contributed by atoms with Gasteiger partial charge in [-0.05, 0) is 38.6 Å². The molecule has 96 valence electrons. The Hall–Kier alpha value is -0.610. The molecule has 0 amide bonds. The summed E-state index contributed by atoms with van der Waals surface area (Å²) in [6.07, 6.45) is 6.41. The standard InChI is InChI=1S/C13H23N3O/c14-13(15-6-2-1-3-7-15)12-9-16-8-4-5-11(16)10-17-12/h11-12,14H,1-10H2. The van der Waals surface area contributed by atoms with Gasteiger partial charge in [0.2, 0.25) is 0 Å². The Balaban J connectivity index is 1.58. The molecule has 3 aliphatic heterocycles. The van der Waals surface area contributed by atoms with Gasteiger partial charge in [0.05, 0.1) is 6.61 Å². The number of piperidine rings is 1. The van der Waals surface area contributed by atoms with Crippen LogP contribution in [0.25, 0.3) is 0 Å². The van der Waals surface area contributed by atoms with E-state index in [1.807, 2.05) is 0 Å². The Kier molecular flexibility index (Phi) is 3.34. The fraction of sp³-hybridized carbons (Fsp3) is 0.923. The summed E-state index contributed by atoms with van der Waals surface area (Å²) in [5.41, 5.74) is 0. The van der Waals surface area contributed by atoms with Gasteiger partial charge in [-0.2, -0.15) is 0 Å². The average Bonchev–Trinajstić information content (AvgIpc) is 2.86. The number of ether oxygens (including phenoxy) is 1. The molecule has 2 unspecified atom stereocenters. The third kappa shape index (κ3) is 2.33. The lowest BCUT2D eigenvalue weighted by atomic mass is 10.1. The summed E-state index contributed by atoms with van der Waals surface area (Å²) in [6.45, 7) is 5.10. The number of morpholine rings is 1. The third-order valence-corrected chi connectivity index (χ3v) is 4.39. The van der Waals surface area contributed by atoms with Gasteiger partial charge >= 0.3 is 0 Å². The van der Waals surface area contributed by atoms with E-state index in [0.717, 1.165) is 32.1 Å². The summed E-state index contributed by atoms with van der Waals surface area (Å²) in [5.74, 6) is 0.732. The van der Waals surface area contributed by atoms with Gasteiger partial charge in [0.1, 0.15) is 11.9 Å². The first-order valence-corrected chi connectivity index (χ1v) is 7.03. The van der Waals surface area contributed by atoms with Gasteiger partial charge in [0.15, 0.2) is 0 Å². The highest BCUT2D eigenvalue weighted by Gasteiger charge is 2.35. The van der Waals surface area contributed by atoms with E-state index < -0.39 is 0 Å². The lowest BCUT2D eigenvalue weighted by Gasteiger charge is -2.39. The molecule has 0 bridgehead atoms. The van der Waals surface area contributed by atoms with Crippen molar-refractivity contribution >= 4 is 5.84 Å². The predicted octanol–water partition coefficient (Wildman–Crippen LogP) is 1.31. The summed E-state index contributed by atoms with van der Waals surface area (Å²) >= 11 is 0. The second-order valence-electron chi connectivity index (χ2n) is 5.55. The van der Waals surface area contributed by atoms with E-state index in [-0.39, 0.29) is 6.10 Å². The van der Waals surface area contributed by atoms with Crippen molar-refractivity contribution < 1.29 is 4.74 Å². The van der Waals surface area contributed by atoms with Crippen LogP contribution >= 0.6 is 0 Å². The minimum Gasteiger partial charge on any atom is -0.367 e. The number of hydrogen-bond acceptors (Lipinski definition) is 3. The van der Waals surface area contributed by atoms with Gasteiger partial charge in [-0.25, -0.2) is 0 Å². The minimum absolute atomic E-state index is 0.0300. The molecule has 0 aliphatic carbocycles. The molecule has 2 atom stereocenters. The summed E-state index contributed by atoms with van der Waals surface area (Å²) in [4.78, 5) is 4.75. The quantitative estimate of drug-likeness (QED) is 0.552. The van der Waals surface area contributed by atoms with Crippen LogP contribution in [0.15, 0.2) is 0 Å². The molecule has 0 saturated carbocycles. The molecule has 3 heterocycles. The molecule has 0 aromatic rings. The van der Waals surface area contributed by atoms with Crippen molar-refractivity contribution in [2.45, 2.75) is 44.2 Å². The molecule has 0 radical (unpaired) electrons. The van der Waals surface area contributed by atoms with Crippen molar-refractivity contribution in [2.24, 2.45) is 0 Å². The zero-order valence-corrected chi connectivity index (χ0v) is 10.5. The Bertz CT molecular complexity index is 288. The van der Waals surface area contributed by atoms with E-state index in [1.165, 1.54) is 38.6 Å². The maximum absolute atomic E-state index is 8.30. The van der Waals surface area contributed by atoms with E-state index in [0.29, 0.717) is 6.04 Å². The van der Waals surface area contributed by atoms with Gasteiger partial charge in [0.25, 0.3) is 0 Å². The zero-order chi connectivity index (χ0) is 11.7. The maximum Gasteiger partial charge on any atom is 0.127 e. The van der Waals surface area contributed by atoms with Gasteiger partial charge in [-0.1, -0.05) is 0 Å². The van der Waals surface area contributed by atoms with Crippen LogP contribution in [0.1, 0.15) is 32.1 Å². The van der Waals surface area contributed by atoms with E-state index >= 15 is 0 Å². The average molecular weight is 237 g/mol. The van der Waals surface area contributed by atoms with Crippen molar-refractivity contribution in [3.63, 3.8) is 0 Å².